The largest absolute Gasteiger partial charge is 0.481 e. The quantitative estimate of drug-likeness (QED) is 0.0254. The molecule has 5 rings (SSSR count). The molecule has 4 fully saturated rings. The smallest absolute Gasteiger partial charge is 0.330 e. The number of nitrogens with two attached hydrogens (primary N) is 1. The standard InChI is InChI=1S/C55H85N5O23/c1-8-10-11-12-13-14-15-16-17-18-31(76-41(67)23-30(3)24-42(68)82-54-51(75-7)50(48(74-6)34(9-2)79-54)81-40(66)20-19-39(64)65)25-43(69)77-36-29-58(4)46(52(70)59(5)45(36)53(71)72)49(83-44-27-32(61)35(28-56)78-44)47-33(62)26-38(80-47)60-22-21-37(63)57-55(60)73/h16-17,21-22,30-36,38,44-51,54,61-62H,8-15,18-20,23-29,56H2,1-7H3,(H,64,65)(H,71,72)(H,57,63,73)/b17-16+/t30-,31+,32-,33-,34+,35+,36-,38+,44-,45+,46+,47-,48-,49-,50-,51-,54+/m0/s1. The monoisotopic (exact) mass is 1180 g/mol. The first-order valence-electron chi connectivity index (χ1n) is 28.4. The van der Waals surface area contributed by atoms with Crippen LogP contribution in [0.4, 0.5) is 0 Å². The SMILES string of the molecule is CCCCCCCC/C=C/C[C@H](CC(=O)O[C@H]1CN(C)[C@H]([C@H](O[C@H]2C[C@H](O)[C@@H](CN)O2)[C@H]2O[C@@H](n3ccc(=O)[nH]c3=O)C[C@@H]2O)C(=O)N(C)[C@H]1C(=O)O)OC(=O)C[C@H](C)CC(=O)O[C@H]1O[C@H](CC)[C@H](OC)[C@H](OC(=O)CCC(=O)O)[C@@H]1OC. The molecule has 0 aromatic carbocycles. The number of unbranched alkanes of at least 4 members (excludes halogenated alkanes) is 6. The Morgan fingerprint density at radius 1 is 0.795 bits per heavy atom. The van der Waals surface area contributed by atoms with E-state index in [1.54, 1.807) is 19.9 Å². The van der Waals surface area contributed by atoms with Gasteiger partial charge in [-0.2, -0.15) is 0 Å². The minimum Gasteiger partial charge on any atom is -0.481 e. The van der Waals surface area contributed by atoms with Gasteiger partial charge in [-0.25, -0.2) is 9.59 Å². The van der Waals surface area contributed by atoms with Crippen LogP contribution in [0.15, 0.2) is 34.0 Å². The summed E-state index contributed by atoms with van der Waals surface area (Å²) in [6.07, 6.45) is -6.95. The number of aromatic nitrogens is 2. The zero-order valence-corrected chi connectivity index (χ0v) is 48.3. The van der Waals surface area contributed by atoms with Gasteiger partial charge in [0.25, 0.3) is 5.56 Å². The maximum absolute atomic E-state index is 14.7. The number of rotatable bonds is 32. The molecule has 0 bridgehead atoms. The van der Waals surface area contributed by atoms with E-state index in [0.717, 1.165) is 54.1 Å². The number of nitrogens with zero attached hydrogens (tertiary/aromatic N) is 3. The molecule has 17 atom stereocenters. The van der Waals surface area contributed by atoms with Gasteiger partial charge in [-0.3, -0.25) is 48.0 Å². The van der Waals surface area contributed by atoms with E-state index in [1.165, 1.54) is 39.4 Å². The van der Waals surface area contributed by atoms with Gasteiger partial charge in [-0.1, -0.05) is 65.0 Å². The van der Waals surface area contributed by atoms with Gasteiger partial charge in [0.1, 0.15) is 42.8 Å². The van der Waals surface area contributed by atoms with Crippen LogP contribution >= 0.6 is 0 Å². The average Bonchev–Trinajstić information content (AvgIpc) is 3.23. The summed E-state index contributed by atoms with van der Waals surface area (Å²) in [4.78, 5) is 122. The van der Waals surface area contributed by atoms with E-state index in [9.17, 15) is 58.5 Å². The molecule has 5 heterocycles. The second kappa shape index (κ2) is 33.1. The van der Waals surface area contributed by atoms with Crippen LogP contribution in [0.3, 0.4) is 0 Å². The predicted octanol–water partition coefficient (Wildman–Crippen LogP) is 1.04. The lowest BCUT2D eigenvalue weighted by atomic mass is 9.96. The van der Waals surface area contributed by atoms with Crippen molar-refractivity contribution >= 4 is 41.7 Å². The van der Waals surface area contributed by atoms with E-state index >= 15 is 0 Å². The number of aliphatic carboxylic acids is 2. The average molecular weight is 1180 g/mol. The second-order valence-corrected chi connectivity index (χ2v) is 21.5. The number of likely N-dealkylation sites (N-methyl/N-ethyl adjacent to an activating group) is 2. The Hall–Kier alpha value is -5.69. The fourth-order valence-electron chi connectivity index (χ4n) is 10.8. The van der Waals surface area contributed by atoms with Crippen molar-refractivity contribution in [3.63, 3.8) is 0 Å². The number of carboxylic acid groups (broad SMARTS) is 2. The van der Waals surface area contributed by atoms with Crippen LogP contribution < -0.4 is 17.0 Å². The van der Waals surface area contributed by atoms with Crippen molar-refractivity contribution in [3.8, 4) is 0 Å². The highest BCUT2D eigenvalue weighted by molar-refractivity contribution is 5.89. The number of allylic oxidation sites excluding steroid dienone is 1. The summed E-state index contributed by atoms with van der Waals surface area (Å²) in [6.45, 7) is 4.97. The van der Waals surface area contributed by atoms with Crippen LogP contribution in [0, 0.1) is 5.92 Å². The number of aromatic amines is 1. The Kier molecular flexibility index (Phi) is 27.2. The van der Waals surface area contributed by atoms with Gasteiger partial charge in [0, 0.05) is 78.7 Å². The summed E-state index contributed by atoms with van der Waals surface area (Å²) in [5, 5.41) is 42.0. The first kappa shape index (κ1) is 68.1. The predicted molar refractivity (Wildman–Crippen MR) is 288 cm³/mol. The Morgan fingerprint density at radius 2 is 1.48 bits per heavy atom. The van der Waals surface area contributed by atoms with E-state index in [4.69, 9.17) is 58.2 Å². The minimum atomic E-state index is -1.80. The van der Waals surface area contributed by atoms with Gasteiger partial charge in [0.05, 0.1) is 43.7 Å². The molecule has 7 N–H and O–H groups in total. The molecule has 0 aliphatic carbocycles. The number of hydrogen-bond donors (Lipinski definition) is 6. The number of methoxy groups -OCH3 is 2. The lowest BCUT2D eigenvalue weighted by Gasteiger charge is -2.44. The molecule has 4 aliphatic heterocycles. The lowest BCUT2D eigenvalue weighted by molar-refractivity contribution is -0.299. The Labute approximate surface area is 481 Å². The summed E-state index contributed by atoms with van der Waals surface area (Å²) in [5.41, 5.74) is 4.28. The van der Waals surface area contributed by atoms with E-state index in [2.05, 4.69) is 11.9 Å². The molecule has 0 saturated carbocycles. The maximum Gasteiger partial charge on any atom is 0.330 e. The number of aliphatic hydroxyl groups excluding tert-OH is 2. The van der Waals surface area contributed by atoms with Crippen molar-refractivity contribution in [3.05, 3.63) is 45.3 Å². The van der Waals surface area contributed by atoms with Crippen molar-refractivity contribution in [2.75, 3.05) is 41.4 Å². The molecule has 1 amide bonds. The normalized spacial score (nSPS) is 29.7. The Balaban J connectivity index is 1.31. The van der Waals surface area contributed by atoms with Crippen molar-refractivity contribution in [2.45, 2.75) is 222 Å². The molecule has 83 heavy (non-hydrogen) atoms. The van der Waals surface area contributed by atoms with Crippen molar-refractivity contribution in [2.24, 2.45) is 11.7 Å². The zero-order chi connectivity index (χ0) is 61.1. The molecule has 28 heteroatoms. The number of amides is 1. The summed E-state index contributed by atoms with van der Waals surface area (Å²) in [5.74, 6) is -7.77. The van der Waals surface area contributed by atoms with Gasteiger partial charge >= 0.3 is 41.5 Å². The molecule has 1 aromatic heterocycles. The maximum atomic E-state index is 14.7. The highest BCUT2D eigenvalue weighted by atomic mass is 16.7. The molecule has 28 nitrogen and oxygen atoms in total. The summed E-state index contributed by atoms with van der Waals surface area (Å²) in [6, 6.07) is -2.22. The zero-order valence-electron chi connectivity index (χ0n) is 48.3. The van der Waals surface area contributed by atoms with Gasteiger partial charge in [-0.05, 0) is 32.2 Å². The van der Waals surface area contributed by atoms with E-state index in [0.29, 0.717) is 12.8 Å². The van der Waals surface area contributed by atoms with Crippen molar-refractivity contribution < 1.29 is 101 Å². The van der Waals surface area contributed by atoms with E-state index in [-0.39, 0.29) is 38.6 Å². The Morgan fingerprint density at radius 3 is 2.12 bits per heavy atom. The summed E-state index contributed by atoms with van der Waals surface area (Å²) >= 11 is 0. The number of hydrogen-bond acceptors (Lipinski definition) is 23. The molecule has 4 aliphatic rings. The first-order valence-corrected chi connectivity index (χ1v) is 28.4. The van der Waals surface area contributed by atoms with Crippen LogP contribution in [0.5, 0.6) is 0 Å². The molecule has 0 radical (unpaired) electrons. The molecular formula is C55H85N5O23. The van der Waals surface area contributed by atoms with Crippen LogP contribution in [0.1, 0.15) is 130 Å². The molecule has 0 spiro atoms. The number of carbonyl (C=O) groups excluding carboxylic acids is 5. The number of esters is 4. The fourth-order valence-corrected chi connectivity index (χ4v) is 10.8. The number of carbonyl (C=O) groups is 7. The van der Waals surface area contributed by atoms with Gasteiger partial charge in [-0.15, -0.1) is 0 Å². The van der Waals surface area contributed by atoms with Crippen LogP contribution in [0.2, 0.25) is 0 Å². The van der Waals surface area contributed by atoms with Crippen LogP contribution in [-0.4, -0.2) is 215 Å². The molecule has 1 aromatic rings. The number of aliphatic hydroxyl groups is 2. The van der Waals surface area contributed by atoms with Crippen molar-refractivity contribution in [1.82, 2.24) is 19.4 Å². The van der Waals surface area contributed by atoms with Gasteiger partial charge in [0.2, 0.25) is 12.2 Å². The highest BCUT2D eigenvalue weighted by Crippen LogP contribution is 2.37. The minimum absolute atomic E-state index is 0.0406. The number of ether oxygens (including phenoxy) is 10. The molecule has 0 unspecified atom stereocenters. The van der Waals surface area contributed by atoms with Crippen molar-refractivity contribution in [1.29, 1.82) is 0 Å². The number of nitrogens with one attached hydrogen (secondary N) is 1. The molecule has 4 saturated heterocycles. The molecular weight excluding hydrogens is 1100 g/mol. The molecule has 468 valence electrons. The van der Waals surface area contributed by atoms with Gasteiger partial charge in [0.15, 0.2) is 24.5 Å². The number of carboxylic acids is 2. The third kappa shape index (κ3) is 19.4. The highest BCUT2D eigenvalue weighted by Gasteiger charge is 2.54. The lowest BCUT2D eigenvalue weighted by Crippen LogP contribution is -2.61. The van der Waals surface area contributed by atoms with E-state index in [1.807, 2.05) is 6.08 Å². The first-order chi connectivity index (χ1) is 39.5. The topological polar surface area (TPSA) is 380 Å². The van der Waals surface area contributed by atoms with Crippen LogP contribution in [0.25, 0.3) is 0 Å². The van der Waals surface area contributed by atoms with E-state index < -0.39 is 183 Å². The number of H-pyrrole nitrogens is 1. The third-order valence-corrected chi connectivity index (χ3v) is 15.1. The summed E-state index contributed by atoms with van der Waals surface area (Å²) in [7, 11) is 5.27. The Bertz CT molecular complexity index is 2460. The second-order valence-electron chi connectivity index (χ2n) is 21.5. The summed E-state index contributed by atoms with van der Waals surface area (Å²) < 4.78 is 59.7. The fraction of sp³-hybridized carbons (Fsp3) is 0.764. The third-order valence-electron chi connectivity index (χ3n) is 15.1. The van der Waals surface area contributed by atoms with Gasteiger partial charge < -0.3 is 78.4 Å². The van der Waals surface area contributed by atoms with Crippen LogP contribution in [-0.2, 0) is 80.9 Å².